The maximum atomic E-state index is 11.8. The molecule has 1 aliphatic heterocycles. The third-order valence-corrected chi connectivity index (χ3v) is 5.95. The molecule has 0 radical (unpaired) electrons. The van der Waals surface area contributed by atoms with Gasteiger partial charge >= 0.3 is 5.97 Å². The first-order valence-corrected chi connectivity index (χ1v) is 8.51. The molecule has 1 aromatic rings. The van der Waals surface area contributed by atoms with E-state index in [2.05, 4.69) is 0 Å². The lowest BCUT2D eigenvalue weighted by atomic mass is 10.1. The Morgan fingerprint density at radius 3 is 2.40 bits per heavy atom. The number of ether oxygens (including phenoxy) is 1. The Morgan fingerprint density at radius 2 is 1.85 bits per heavy atom. The van der Waals surface area contributed by atoms with Crippen molar-refractivity contribution in [1.29, 1.82) is 0 Å². The minimum absolute atomic E-state index is 0.438. The lowest BCUT2D eigenvalue weighted by Crippen LogP contribution is -2.30. The van der Waals surface area contributed by atoms with Crippen LogP contribution in [0.4, 0.5) is 0 Å². The maximum Gasteiger partial charge on any atom is 0.338 e. The number of rotatable bonds is 4. The summed E-state index contributed by atoms with van der Waals surface area (Å²) in [4.78, 5) is 22.7. The SMILES string of the molecule is C[C@@H](OC(=O)c1ccc(C2SCCCS2)cc1)C(N)=O. The van der Waals surface area contributed by atoms with Crippen molar-refractivity contribution in [2.45, 2.75) is 24.0 Å². The summed E-state index contributed by atoms with van der Waals surface area (Å²) in [5, 5.41) is 0. The number of nitrogens with two attached hydrogens (primary N) is 1. The number of esters is 1. The number of primary amides is 1. The van der Waals surface area contributed by atoms with Gasteiger partial charge in [0, 0.05) is 0 Å². The fourth-order valence-corrected chi connectivity index (χ4v) is 4.64. The van der Waals surface area contributed by atoms with Crippen molar-refractivity contribution in [3.8, 4) is 0 Å². The normalized spacial score (nSPS) is 17.4. The molecular weight excluding hydrogens is 294 g/mol. The predicted molar refractivity (Wildman–Crippen MR) is 82.8 cm³/mol. The molecule has 1 heterocycles. The molecule has 1 atom stereocenters. The van der Waals surface area contributed by atoms with E-state index in [-0.39, 0.29) is 0 Å². The Balaban J connectivity index is 2.00. The summed E-state index contributed by atoms with van der Waals surface area (Å²) in [6.45, 7) is 1.46. The van der Waals surface area contributed by atoms with Gasteiger partial charge in [-0.25, -0.2) is 4.79 Å². The number of amides is 1. The summed E-state index contributed by atoms with van der Waals surface area (Å²) in [5.41, 5.74) is 6.71. The Labute approximate surface area is 126 Å². The Bertz CT molecular complexity index is 484. The highest BCUT2D eigenvalue weighted by atomic mass is 32.2. The molecule has 0 aliphatic carbocycles. The van der Waals surface area contributed by atoms with Gasteiger partial charge in [0.05, 0.1) is 10.1 Å². The predicted octanol–water partition coefficient (Wildman–Crippen LogP) is 2.59. The quantitative estimate of drug-likeness (QED) is 0.866. The van der Waals surface area contributed by atoms with Crippen LogP contribution in [0.3, 0.4) is 0 Å². The van der Waals surface area contributed by atoms with Crippen LogP contribution in [0.2, 0.25) is 0 Å². The van der Waals surface area contributed by atoms with E-state index < -0.39 is 18.0 Å². The Morgan fingerprint density at radius 1 is 1.25 bits per heavy atom. The van der Waals surface area contributed by atoms with Crippen molar-refractivity contribution in [2.75, 3.05) is 11.5 Å². The van der Waals surface area contributed by atoms with Gasteiger partial charge in [0.15, 0.2) is 6.10 Å². The number of hydrogen-bond acceptors (Lipinski definition) is 5. The third-order valence-electron chi connectivity index (χ3n) is 2.93. The van der Waals surface area contributed by atoms with Crippen LogP contribution in [0.25, 0.3) is 0 Å². The second kappa shape index (κ2) is 7.04. The number of carbonyl (C=O) groups is 2. The number of carbonyl (C=O) groups excluding carboxylic acids is 2. The van der Waals surface area contributed by atoms with Gasteiger partial charge < -0.3 is 10.5 Å². The summed E-state index contributed by atoms with van der Waals surface area (Å²) in [6.07, 6.45) is 0.341. The molecule has 0 saturated carbocycles. The molecule has 1 aromatic carbocycles. The molecule has 1 fully saturated rings. The molecule has 0 aromatic heterocycles. The monoisotopic (exact) mass is 311 g/mol. The van der Waals surface area contributed by atoms with Crippen LogP contribution in [-0.4, -0.2) is 29.5 Å². The van der Waals surface area contributed by atoms with Gasteiger partial charge in [-0.15, -0.1) is 23.5 Å². The average molecular weight is 311 g/mol. The number of hydrogen-bond donors (Lipinski definition) is 1. The highest BCUT2D eigenvalue weighted by Gasteiger charge is 2.19. The van der Waals surface area contributed by atoms with E-state index in [1.165, 1.54) is 30.4 Å². The lowest BCUT2D eigenvalue weighted by molar-refractivity contribution is -0.125. The van der Waals surface area contributed by atoms with Crippen LogP contribution >= 0.6 is 23.5 Å². The smallest absolute Gasteiger partial charge is 0.338 e. The highest BCUT2D eigenvalue weighted by molar-refractivity contribution is 8.16. The van der Waals surface area contributed by atoms with E-state index in [0.29, 0.717) is 10.1 Å². The van der Waals surface area contributed by atoms with Crippen molar-refractivity contribution in [2.24, 2.45) is 5.73 Å². The standard InChI is InChI=1S/C14H17NO3S2/c1-9(12(15)16)18-13(17)10-3-5-11(6-4-10)14-19-7-2-8-20-14/h3-6,9,14H,2,7-8H2,1H3,(H2,15,16)/t9-/m1/s1. The zero-order valence-electron chi connectivity index (χ0n) is 11.2. The van der Waals surface area contributed by atoms with Crippen LogP contribution in [-0.2, 0) is 9.53 Å². The van der Waals surface area contributed by atoms with Gasteiger partial charge in [-0.2, -0.15) is 0 Å². The van der Waals surface area contributed by atoms with Crippen molar-refractivity contribution in [3.05, 3.63) is 35.4 Å². The van der Waals surface area contributed by atoms with Gasteiger partial charge in [0.1, 0.15) is 0 Å². The first-order chi connectivity index (χ1) is 9.58. The summed E-state index contributed by atoms with van der Waals surface area (Å²) < 4.78 is 5.40. The molecule has 2 N–H and O–H groups in total. The molecule has 4 nitrogen and oxygen atoms in total. The number of benzene rings is 1. The van der Waals surface area contributed by atoms with Crippen molar-refractivity contribution in [3.63, 3.8) is 0 Å². The first kappa shape index (κ1) is 15.3. The van der Waals surface area contributed by atoms with Crippen LogP contribution in [0.15, 0.2) is 24.3 Å². The van der Waals surface area contributed by atoms with Crippen LogP contribution in [0.1, 0.15) is 33.8 Å². The van der Waals surface area contributed by atoms with E-state index >= 15 is 0 Å². The van der Waals surface area contributed by atoms with Crippen molar-refractivity contribution in [1.82, 2.24) is 0 Å². The highest BCUT2D eigenvalue weighted by Crippen LogP contribution is 2.43. The molecule has 2 rings (SSSR count). The molecule has 0 bridgehead atoms. The fourth-order valence-electron chi connectivity index (χ4n) is 1.74. The zero-order valence-corrected chi connectivity index (χ0v) is 12.8. The molecule has 0 unspecified atom stereocenters. The average Bonchev–Trinajstić information content (AvgIpc) is 2.48. The minimum Gasteiger partial charge on any atom is -0.449 e. The molecule has 0 spiro atoms. The van der Waals surface area contributed by atoms with Crippen molar-refractivity contribution >= 4 is 35.4 Å². The van der Waals surface area contributed by atoms with E-state index in [9.17, 15) is 9.59 Å². The van der Waals surface area contributed by atoms with Crippen LogP contribution in [0.5, 0.6) is 0 Å². The summed E-state index contributed by atoms with van der Waals surface area (Å²) in [5.74, 6) is 1.19. The van der Waals surface area contributed by atoms with Gasteiger partial charge in [-0.3, -0.25) is 4.79 Å². The molecule has 1 amide bonds. The second-order valence-corrected chi connectivity index (χ2v) is 7.22. The fraction of sp³-hybridized carbons (Fsp3) is 0.429. The maximum absolute atomic E-state index is 11.8. The van der Waals surface area contributed by atoms with Crippen LogP contribution in [0, 0.1) is 0 Å². The second-order valence-electron chi connectivity index (χ2n) is 4.50. The zero-order chi connectivity index (χ0) is 14.5. The summed E-state index contributed by atoms with van der Waals surface area (Å²) in [6, 6.07) is 7.37. The van der Waals surface area contributed by atoms with E-state index in [1.54, 1.807) is 12.1 Å². The molecule has 6 heteroatoms. The van der Waals surface area contributed by atoms with Crippen LogP contribution < -0.4 is 5.73 Å². The van der Waals surface area contributed by atoms with E-state index in [4.69, 9.17) is 10.5 Å². The summed E-state index contributed by atoms with van der Waals surface area (Å²) >= 11 is 3.86. The Kier molecular flexibility index (Phi) is 5.37. The van der Waals surface area contributed by atoms with Gasteiger partial charge in [-0.05, 0) is 42.5 Å². The summed E-state index contributed by atoms with van der Waals surface area (Å²) in [7, 11) is 0. The van der Waals surface area contributed by atoms with Gasteiger partial charge in [0.25, 0.3) is 5.91 Å². The largest absolute Gasteiger partial charge is 0.449 e. The number of thioether (sulfide) groups is 2. The van der Waals surface area contributed by atoms with Gasteiger partial charge in [-0.1, -0.05) is 12.1 Å². The van der Waals surface area contributed by atoms with Gasteiger partial charge in [0.2, 0.25) is 0 Å². The van der Waals surface area contributed by atoms with E-state index in [0.717, 1.165) is 0 Å². The molecular formula is C14H17NO3S2. The van der Waals surface area contributed by atoms with Crippen molar-refractivity contribution < 1.29 is 14.3 Å². The molecule has 1 aliphatic rings. The molecule has 1 saturated heterocycles. The molecule has 20 heavy (non-hydrogen) atoms. The minimum atomic E-state index is -0.911. The topological polar surface area (TPSA) is 69.4 Å². The molecule has 108 valence electrons. The first-order valence-electron chi connectivity index (χ1n) is 6.41. The third kappa shape index (κ3) is 3.93. The Hall–Kier alpha value is -1.14. The lowest BCUT2D eigenvalue weighted by Gasteiger charge is -2.21. The van der Waals surface area contributed by atoms with E-state index in [1.807, 2.05) is 35.7 Å².